The van der Waals surface area contributed by atoms with E-state index in [1.807, 2.05) is 6.92 Å². The second-order valence-electron chi connectivity index (χ2n) is 5.24. The third-order valence-corrected chi connectivity index (χ3v) is 3.21. The van der Waals surface area contributed by atoms with Gasteiger partial charge in [-0.05, 0) is 18.3 Å². The first-order valence-corrected chi connectivity index (χ1v) is 6.55. The van der Waals surface area contributed by atoms with Crippen molar-refractivity contribution < 1.29 is 14.7 Å². The molecule has 0 radical (unpaired) electrons. The Bertz CT molecular complexity index is 274. The van der Waals surface area contributed by atoms with Crippen LogP contribution in [0, 0.1) is 11.8 Å². The first-order chi connectivity index (χ1) is 8.02. The highest BCUT2D eigenvalue weighted by atomic mass is 16.4. The zero-order valence-corrected chi connectivity index (χ0v) is 10.7. The van der Waals surface area contributed by atoms with Crippen molar-refractivity contribution in [2.24, 2.45) is 11.8 Å². The van der Waals surface area contributed by atoms with Crippen molar-refractivity contribution in [1.29, 1.82) is 0 Å². The molecule has 2 N–H and O–H groups in total. The van der Waals surface area contributed by atoms with E-state index >= 15 is 0 Å². The lowest BCUT2D eigenvalue weighted by Gasteiger charge is -2.16. The van der Waals surface area contributed by atoms with Crippen LogP contribution in [0.25, 0.3) is 0 Å². The molecule has 1 amide bonds. The largest absolute Gasteiger partial charge is 0.480 e. The molecule has 0 aromatic rings. The summed E-state index contributed by atoms with van der Waals surface area (Å²) in [6.45, 7) is 4.11. The molecule has 1 fully saturated rings. The minimum atomic E-state index is -0.909. The van der Waals surface area contributed by atoms with Gasteiger partial charge in [-0.2, -0.15) is 0 Å². The number of carboxylic acid groups (broad SMARTS) is 1. The standard InChI is InChI=1S/C13H23NO3/c1-3-4-9(2)7-12(15)14-11(13(16)17)8-10-5-6-10/h9-11H,3-8H2,1-2H3,(H,14,15)(H,16,17). The Hall–Kier alpha value is -1.06. The molecular formula is C13H23NO3. The Morgan fingerprint density at radius 1 is 1.41 bits per heavy atom. The van der Waals surface area contributed by atoms with Gasteiger partial charge in [0.1, 0.15) is 6.04 Å². The molecule has 0 aromatic carbocycles. The van der Waals surface area contributed by atoms with Crippen LogP contribution in [-0.2, 0) is 9.59 Å². The second-order valence-corrected chi connectivity index (χ2v) is 5.24. The highest BCUT2D eigenvalue weighted by molar-refractivity contribution is 5.83. The van der Waals surface area contributed by atoms with Crippen molar-refractivity contribution >= 4 is 11.9 Å². The lowest BCUT2D eigenvalue weighted by Crippen LogP contribution is -2.41. The summed E-state index contributed by atoms with van der Waals surface area (Å²) in [6.07, 6.45) is 5.29. The van der Waals surface area contributed by atoms with E-state index in [-0.39, 0.29) is 5.91 Å². The number of rotatable bonds is 8. The normalized spacial score (nSPS) is 18.5. The summed E-state index contributed by atoms with van der Waals surface area (Å²) >= 11 is 0. The first-order valence-electron chi connectivity index (χ1n) is 6.55. The molecule has 4 heteroatoms. The molecule has 1 aliphatic rings. The van der Waals surface area contributed by atoms with Crippen LogP contribution in [0.1, 0.15) is 52.4 Å². The SMILES string of the molecule is CCCC(C)CC(=O)NC(CC1CC1)C(=O)O. The summed E-state index contributed by atoms with van der Waals surface area (Å²) in [6, 6.07) is -0.691. The number of aliphatic carboxylic acids is 1. The predicted octanol–water partition coefficient (Wildman–Crippen LogP) is 2.18. The van der Waals surface area contributed by atoms with E-state index in [1.54, 1.807) is 0 Å². The Kier molecular flexibility index (Phi) is 5.45. The predicted molar refractivity (Wildman–Crippen MR) is 65.6 cm³/mol. The molecule has 0 bridgehead atoms. The summed E-state index contributed by atoms with van der Waals surface area (Å²) in [5.41, 5.74) is 0. The van der Waals surface area contributed by atoms with Gasteiger partial charge < -0.3 is 10.4 Å². The molecular weight excluding hydrogens is 218 g/mol. The molecule has 0 saturated heterocycles. The molecule has 1 rings (SSSR count). The van der Waals surface area contributed by atoms with Crippen molar-refractivity contribution in [3.8, 4) is 0 Å². The monoisotopic (exact) mass is 241 g/mol. The molecule has 2 unspecified atom stereocenters. The van der Waals surface area contributed by atoms with Crippen LogP contribution in [0.5, 0.6) is 0 Å². The number of amides is 1. The van der Waals surface area contributed by atoms with Crippen LogP contribution in [0.4, 0.5) is 0 Å². The fourth-order valence-corrected chi connectivity index (χ4v) is 2.07. The van der Waals surface area contributed by atoms with Gasteiger partial charge in [0.05, 0.1) is 0 Å². The molecule has 1 aliphatic carbocycles. The number of nitrogens with one attached hydrogen (secondary N) is 1. The summed E-state index contributed by atoms with van der Waals surface area (Å²) in [7, 11) is 0. The number of hydrogen-bond acceptors (Lipinski definition) is 2. The smallest absolute Gasteiger partial charge is 0.326 e. The van der Waals surface area contributed by atoms with E-state index in [0.717, 1.165) is 25.7 Å². The third-order valence-electron chi connectivity index (χ3n) is 3.21. The Morgan fingerprint density at radius 3 is 2.53 bits per heavy atom. The van der Waals surface area contributed by atoms with Gasteiger partial charge in [-0.3, -0.25) is 4.79 Å². The van der Waals surface area contributed by atoms with Crippen molar-refractivity contribution in [1.82, 2.24) is 5.32 Å². The summed E-state index contributed by atoms with van der Waals surface area (Å²) in [5.74, 6) is -0.202. The van der Waals surface area contributed by atoms with Crippen LogP contribution >= 0.6 is 0 Å². The molecule has 0 heterocycles. The van der Waals surface area contributed by atoms with Gasteiger partial charge in [0.2, 0.25) is 5.91 Å². The van der Waals surface area contributed by atoms with Crippen LogP contribution in [0.15, 0.2) is 0 Å². The van der Waals surface area contributed by atoms with E-state index in [4.69, 9.17) is 5.11 Å². The number of carboxylic acids is 1. The maximum Gasteiger partial charge on any atom is 0.326 e. The average Bonchev–Trinajstić information content (AvgIpc) is 3.00. The van der Waals surface area contributed by atoms with E-state index in [1.165, 1.54) is 0 Å². The number of hydrogen-bond donors (Lipinski definition) is 2. The molecule has 1 saturated carbocycles. The van der Waals surface area contributed by atoms with E-state index in [0.29, 0.717) is 24.7 Å². The van der Waals surface area contributed by atoms with Gasteiger partial charge in [0, 0.05) is 6.42 Å². The lowest BCUT2D eigenvalue weighted by atomic mass is 10.0. The zero-order chi connectivity index (χ0) is 12.8. The van der Waals surface area contributed by atoms with Gasteiger partial charge in [-0.1, -0.05) is 39.5 Å². The quantitative estimate of drug-likeness (QED) is 0.684. The highest BCUT2D eigenvalue weighted by Crippen LogP contribution is 2.33. The molecule has 0 aromatic heterocycles. The molecule has 17 heavy (non-hydrogen) atoms. The Labute approximate surface area is 103 Å². The van der Waals surface area contributed by atoms with Gasteiger partial charge >= 0.3 is 5.97 Å². The summed E-state index contributed by atoms with van der Waals surface area (Å²) < 4.78 is 0. The maximum atomic E-state index is 11.7. The van der Waals surface area contributed by atoms with Gasteiger partial charge in [0.25, 0.3) is 0 Å². The van der Waals surface area contributed by atoms with Crippen LogP contribution < -0.4 is 5.32 Å². The van der Waals surface area contributed by atoms with Crippen molar-refractivity contribution in [3.63, 3.8) is 0 Å². The van der Waals surface area contributed by atoms with Gasteiger partial charge in [-0.15, -0.1) is 0 Å². The second kappa shape index (κ2) is 6.62. The number of carbonyl (C=O) groups is 2. The molecule has 4 nitrogen and oxygen atoms in total. The molecule has 98 valence electrons. The highest BCUT2D eigenvalue weighted by Gasteiger charge is 2.30. The molecule has 0 aliphatic heterocycles. The lowest BCUT2D eigenvalue weighted by molar-refractivity contribution is -0.142. The van der Waals surface area contributed by atoms with E-state index in [9.17, 15) is 9.59 Å². The van der Waals surface area contributed by atoms with Crippen LogP contribution in [0.3, 0.4) is 0 Å². The Balaban J connectivity index is 2.32. The molecule has 0 spiro atoms. The molecule has 2 atom stereocenters. The average molecular weight is 241 g/mol. The summed E-state index contributed by atoms with van der Waals surface area (Å²) in [5, 5.41) is 11.7. The minimum absolute atomic E-state index is 0.126. The van der Waals surface area contributed by atoms with Crippen LogP contribution in [-0.4, -0.2) is 23.0 Å². The maximum absolute atomic E-state index is 11.7. The van der Waals surface area contributed by atoms with Gasteiger partial charge in [0.15, 0.2) is 0 Å². The van der Waals surface area contributed by atoms with Crippen LogP contribution in [0.2, 0.25) is 0 Å². The fraction of sp³-hybridized carbons (Fsp3) is 0.846. The van der Waals surface area contributed by atoms with Crippen molar-refractivity contribution in [3.05, 3.63) is 0 Å². The minimum Gasteiger partial charge on any atom is -0.480 e. The van der Waals surface area contributed by atoms with Gasteiger partial charge in [-0.25, -0.2) is 4.79 Å². The Morgan fingerprint density at radius 2 is 2.06 bits per heavy atom. The number of carbonyl (C=O) groups excluding carboxylic acids is 1. The van der Waals surface area contributed by atoms with Crippen molar-refractivity contribution in [2.45, 2.75) is 58.4 Å². The fourth-order valence-electron chi connectivity index (χ4n) is 2.07. The van der Waals surface area contributed by atoms with Crippen molar-refractivity contribution in [2.75, 3.05) is 0 Å². The first kappa shape index (κ1) is 14.0. The summed E-state index contributed by atoms with van der Waals surface area (Å²) in [4.78, 5) is 22.7. The van der Waals surface area contributed by atoms with E-state index < -0.39 is 12.0 Å². The zero-order valence-electron chi connectivity index (χ0n) is 10.7. The van der Waals surface area contributed by atoms with E-state index in [2.05, 4.69) is 12.2 Å². The topological polar surface area (TPSA) is 66.4 Å². The third kappa shape index (κ3) is 5.71.